The summed E-state index contributed by atoms with van der Waals surface area (Å²) < 4.78 is 0. The average molecular weight is 329 g/mol. The van der Waals surface area contributed by atoms with E-state index in [0.29, 0.717) is 19.5 Å². The first-order chi connectivity index (χ1) is 11.1. The Hall–Kier alpha value is -2.34. The number of aryl methyl sites for hydroxylation is 1. The molecule has 1 atom stereocenters. The summed E-state index contributed by atoms with van der Waals surface area (Å²) in [6, 6.07) is 11.2. The highest BCUT2D eigenvalue weighted by Crippen LogP contribution is 2.21. The molecular formula is C17H19N3O2S. The molecule has 1 fully saturated rings. The van der Waals surface area contributed by atoms with Gasteiger partial charge in [0, 0.05) is 23.5 Å². The molecule has 23 heavy (non-hydrogen) atoms. The Morgan fingerprint density at radius 1 is 1.30 bits per heavy atom. The molecule has 0 radical (unpaired) electrons. The van der Waals surface area contributed by atoms with E-state index < -0.39 is 0 Å². The summed E-state index contributed by atoms with van der Waals surface area (Å²) in [5, 5.41) is 7.75. The number of nitrogens with zero attached hydrogens (tertiary/aromatic N) is 1. The lowest BCUT2D eigenvalue weighted by molar-refractivity contribution is -0.117. The van der Waals surface area contributed by atoms with E-state index in [4.69, 9.17) is 0 Å². The summed E-state index contributed by atoms with van der Waals surface area (Å²) >= 11 is 1.63. The molecule has 1 saturated heterocycles. The zero-order chi connectivity index (χ0) is 16.2. The first kappa shape index (κ1) is 15.6. The minimum Gasteiger partial charge on any atom is -0.333 e. The highest BCUT2D eigenvalue weighted by molar-refractivity contribution is 7.10. The third kappa shape index (κ3) is 3.71. The van der Waals surface area contributed by atoms with E-state index in [1.807, 2.05) is 48.7 Å². The molecule has 3 amide bonds. The maximum Gasteiger partial charge on any atom is 0.315 e. The molecule has 0 spiro atoms. The Morgan fingerprint density at radius 2 is 2.09 bits per heavy atom. The van der Waals surface area contributed by atoms with Gasteiger partial charge in [0.1, 0.15) is 0 Å². The van der Waals surface area contributed by atoms with Crippen molar-refractivity contribution < 1.29 is 9.59 Å². The molecule has 1 aromatic heterocycles. The van der Waals surface area contributed by atoms with Gasteiger partial charge in [-0.05, 0) is 36.1 Å². The summed E-state index contributed by atoms with van der Waals surface area (Å²) in [5.41, 5.74) is 2.05. The van der Waals surface area contributed by atoms with Gasteiger partial charge in [0.25, 0.3) is 0 Å². The predicted octanol–water partition coefficient (Wildman–Crippen LogP) is 2.66. The standard InChI is InChI=1S/C17H19N3O2S/c1-12-7-8-23-15(12)10-18-17(22)19-13-9-16(21)20(11-13)14-5-3-2-4-6-14/h2-8,13H,9-11H2,1H3,(H2,18,19,22)/t13-/m0/s1. The quantitative estimate of drug-likeness (QED) is 0.906. The van der Waals surface area contributed by atoms with Gasteiger partial charge in [-0.3, -0.25) is 4.79 Å². The molecule has 0 saturated carbocycles. The van der Waals surface area contributed by atoms with Gasteiger partial charge < -0.3 is 15.5 Å². The molecule has 2 aromatic rings. The van der Waals surface area contributed by atoms with E-state index in [1.165, 1.54) is 5.56 Å². The number of hydrogen-bond acceptors (Lipinski definition) is 3. The molecule has 0 unspecified atom stereocenters. The van der Waals surface area contributed by atoms with Crippen molar-refractivity contribution >= 4 is 29.0 Å². The molecule has 0 aliphatic carbocycles. The zero-order valence-electron chi connectivity index (χ0n) is 12.9. The van der Waals surface area contributed by atoms with Gasteiger partial charge >= 0.3 is 6.03 Å². The summed E-state index contributed by atoms with van der Waals surface area (Å²) in [4.78, 5) is 27.0. The molecule has 6 heteroatoms. The van der Waals surface area contributed by atoms with Crippen LogP contribution in [0, 0.1) is 6.92 Å². The number of carbonyl (C=O) groups is 2. The minimum absolute atomic E-state index is 0.0376. The number of urea groups is 1. The van der Waals surface area contributed by atoms with Crippen LogP contribution in [0.25, 0.3) is 0 Å². The first-order valence-corrected chi connectivity index (χ1v) is 8.44. The van der Waals surface area contributed by atoms with Crippen molar-refractivity contribution in [3.05, 3.63) is 52.2 Å². The maximum absolute atomic E-state index is 12.1. The lowest BCUT2D eigenvalue weighted by Gasteiger charge is -2.17. The number of rotatable bonds is 4. The lowest BCUT2D eigenvalue weighted by Crippen LogP contribution is -2.43. The molecule has 1 aliphatic rings. The largest absolute Gasteiger partial charge is 0.333 e. The summed E-state index contributed by atoms with van der Waals surface area (Å²) in [6.45, 7) is 3.05. The van der Waals surface area contributed by atoms with E-state index in [0.717, 1.165) is 10.6 Å². The number of para-hydroxylation sites is 1. The van der Waals surface area contributed by atoms with E-state index in [1.54, 1.807) is 16.2 Å². The van der Waals surface area contributed by atoms with Crippen molar-refractivity contribution in [1.29, 1.82) is 0 Å². The van der Waals surface area contributed by atoms with Crippen LogP contribution in [-0.2, 0) is 11.3 Å². The van der Waals surface area contributed by atoms with Crippen LogP contribution in [0.4, 0.5) is 10.5 Å². The Labute approximate surface area is 139 Å². The van der Waals surface area contributed by atoms with Gasteiger partial charge in [0.2, 0.25) is 5.91 Å². The van der Waals surface area contributed by atoms with Gasteiger partial charge in [-0.25, -0.2) is 4.79 Å². The molecule has 0 bridgehead atoms. The zero-order valence-corrected chi connectivity index (χ0v) is 13.7. The van der Waals surface area contributed by atoms with Gasteiger partial charge in [0.05, 0.1) is 12.6 Å². The molecule has 120 valence electrons. The number of anilines is 1. The smallest absolute Gasteiger partial charge is 0.315 e. The van der Waals surface area contributed by atoms with Crippen molar-refractivity contribution in [2.45, 2.75) is 25.9 Å². The summed E-state index contributed by atoms with van der Waals surface area (Å²) in [6.07, 6.45) is 0.334. The Morgan fingerprint density at radius 3 is 2.78 bits per heavy atom. The molecule has 3 rings (SSSR count). The second-order valence-electron chi connectivity index (χ2n) is 5.59. The second kappa shape index (κ2) is 6.83. The molecule has 2 heterocycles. The van der Waals surface area contributed by atoms with E-state index >= 15 is 0 Å². The van der Waals surface area contributed by atoms with E-state index in [-0.39, 0.29) is 18.0 Å². The lowest BCUT2D eigenvalue weighted by atomic mass is 10.2. The molecule has 1 aromatic carbocycles. The summed E-state index contributed by atoms with van der Waals surface area (Å²) in [5.74, 6) is 0.0376. The fourth-order valence-electron chi connectivity index (χ4n) is 2.64. The predicted molar refractivity (Wildman–Crippen MR) is 91.6 cm³/mol. The van der Waals surface area contributed by atoms with Crippen molar-refractivity contribution in [1.82, 2.24) is 10.6 Å². The van der Waals surface area contributed by atoms with Crippen LogP contribution in [-0.4, -0.2) is 24.5 Å². The topological polar surface area (TPSA) is 61.4 Å². The van der Waals surface area contributed by atoms with Crippen molar-refractivity contribution in [2.24, 2.45) is 0 Å². The minimum atomic E-state index is -0.231. The normalized spacial score (nSPS) is 17.3. The summed E-state index contributed by atoms with van der Waals surface area (Å²) in [7, 11) is 0. The van der Waals surface area contributed by atoms with Crippen molar-refractivity contribution in [3.8, 4) is 0 Å². The highest BCUT2D eigenvalue weighted by Gasteiger charge is 2.31. The average Bonchev–Trinajstić information content (AvgIpc) is 3.12. The number of benzene rings is 1. The highest BCUT2D eigenvalue weighted by atomic mass is 32.1. The van der Waals surface area contributed by atoms with Crippen LogP contribution in [0.15, 0.2) is 41.8 Å². The van der Waals surface area contributed by atoms with Crippen LogP contribution >= 0.6 is 11.3 Å². The van der Waals surface area contributed by atoms with E-state index in [9.17, 15) is 9.59 Å². The van der Waals surface area contributed by atoms with Crippen LogP contribution in [0.3, 0.4) is 0 Å². The van der Waals surface area contributed by atoms with Crippen LogP contribution in [0.2, 0.25) is 0 Å². The molecule has 1 aliphatic heterocycles. The van der Waals surface area contributed by atoms with Gasteiger partial charge in [-0.1, -0.05) is 18.2 Å². The first-order valence-electron chi connectivity index (χ1n) is 7.56. The number of carbonyl (C=O) groups excluding carboxylic acids is 2. The van der Waals surface area contributed by atoms with Crippen LogP contribution in [0.5, 0.6) is 0 Å². The number of amides is 3. The fraction of sp³-hybridized carbons (Fsp3) is 0.294. The fourth-order valence-corrected chi connectivity index (χ4v) is 3.49. The van der Waals surface area contributed by atoms with Gasteiger partial charge in [-0.2, -0.15) is 0 Å². The van der Waals surface area contributed by atoms with Gasteiger partial charge in [0.15, 0.2) is 0 Å². The third-order valence-corrected chi connectivity index (χ3v) is 4.93. The number of hydrogen-bond donors (Lipinski definition) is 2. The Balaban J connectivity index is 1.52. The Kier molecular flexibility index (Phi) is 4.62. The van der Waals surface area contributed by atoms with Crippen molar-refractivity contribution in [3.63, 3.8) is 0 Å². The third-order valence-electron chi connectivity index (χ3n) is 3.91. The second-order valence-corrected chi connectivity index (χ2v) is 6.60. The number of thiophene rings is 1. The van der Waals surface area contributed by atoms with E-state index in [2.05, 4.69) is 10.6 Å². The SMILES string of the molecule is Cc1ccsc1CNC(=O)N[C@H]1CC(=O)N(c2ccccc2)C1. The van der Waals surface area contributed by atoms with Crippen molar-refractivity contribution in [2.75, 3.05) is 11.4 Å². The maximum atomic E-state index is 12.1. The molecule has 2 N–H and O–H groups in total. The Bertz CT molecular complexity index is 699. The van der Waals surface area contributed by atoms with Crippen LogP contribution < -0.4 is 15.5 Å². The van der Waals surface area contributed by atoms with Crippen LogP contribution in [0.1, 0.15) is 16.9 Å². The monoisotopic (exact) mass is 329 g/mol. The number of nitrogens with one attached hydrogen (secondary N) is 2. The molecule has 5 nitrogen and oxygen atoms in total. The molecular weight excluding hydrogens is 310 g/mol. The van der Waals surface area contributed by atoms with Gasteiger partial charge in [-0.15, -0.1) is 11.3 Å².